The zero-order valence-corrected chi connectivity index (χ0v) is 7.72. The molecule has 2 heteroatoms. The normalized spacial score (nSPS) is 27.3. The Morgan fingerprint density at radius 1 is 1.64 bits per heavy atom. The van der Waals surface area contributed by atoms with E-state index in [4.69, 9.17) is 0 Å². The molecule has 0 aromatic heterocycles. The van der Waals surface area contributed by atoms with Gasteiger partial charge in [-0.15, -0.1) is 0 Å². The van der Waals surface area contributed by atoms with E-state index in [0.717, 1.165) is 19.5 Å². The van der Waals surface area contributed by atoms with Crippen LogP contribution in [0, 0.1) is 11.8 Å². The second kappa shape index (κ2) is 3.11. The molecular weight excluding hydrogens is 138 g/mol. The third-order valence-electron chi connectivity index (χ3n) is 3.22. The summed E-state index contributed by atoms with van der Waals surface area (Å²) < 4.78 is 0. The third-order valence-corrected chi connectivity index (χ3v) is 3.22. The maximum atomic E-state index is 10.1. The molecule has 0 aromatic rings. The Labute approximate surface area is 69.0 Å². The first kappa shape index (κ1) is 9.01. The van der Waals surface area contributed by atoms with Crippen molar-refractivity contribution in [2.45, 2.75) is 32.8 Å². The second-order valence-corrected chi connectivity index (χ2v) is 3.89. The molecule has 66 valence electrons. The van der Waals surface area contributed by atoms with Gasteiger partial charge in [-0.25, -0.2) is 0 Å². The van der Waals surface area contributed by atoms with Crippen molar-refractivity contribution in [1.82, 2.24) is 5.32 Å². The predicted molar refractivity (Wildman–Crippen MR) is 46.4 cm³/mol. The van der Waals surface area contributed by atoms with Gasteiger partial charge in [-0.2, -0.15) is 0 Å². The van der Waals surface area contributed by atoms with E-state index in [1.165, 1.54) is 0 Å². The summed E-state index contributed by atoms with van der Waals surface area (Å²) in [5.41, 5.74) is -0.458. The van der Waals surface area contributed by atoms with Gasteiger partial charge in [-0.05, 0) is 12.8 Å². The Morgan fingerprint density at radius 2 is 2.18 bits per heavy atom. The summed E-state index contributed by atoms with van der Waals surface area (Å²) in [7, 11) is 0. The minimum absolute atomic E-state index is 0.412. The van der Waals surface area contributed by atoms with Crippen molar-refractivity contribution in [3.05, 3.63) is 0 Å². The predicted octanol–water partition coefficient (Wildman–Crippen LogP) is 1.00. The summed E-state index contributed by atoms with van der Waals surface area (Å²) in [4.78, 5) is 0. The molecule has 2 unspecified atom stereocenters. The molecule has 2 N–H and O–H groups in total. The summed E-state index contributed by atoms with van der Waals surface area (Å²) in [6.45, 7) is 8.19. The average molecular weight is 157 g/mol. The number of nitrogens with one attached hydrogen (secondary N) is 1. The summed E-state index contributed by atoms with van der Waals surface area (Å²) in [6.07, 6.45) is 1.06. The summed E-state index contributed by atoms with van der Waals surface area (Å²) >= 11 is 0. The highest BCUT2D eigenvalue weighted by atomic mass is 16.3. The van der Waals surface area contributed by atoms with Gasteiger partial charge in [-0.1, -0.05) is 20.3 Å². The van der Waals surface area contributed by atoms with E-state index in [0.29, 0.717) is 11.8 Å². The van der Waals surface area contributed by atoms with Crippen LogP contribution in [0.4, 0.5) is 0 Å². The van der Waals surface area contributed by atoms with E-state index in [1.807, 2.05) is 6.92 Å². The lowest BCUT2D eigenvalue weighted by atomic mass is 9.75. The maximum Gasteiger partial charge on any atom is 0.0697 e. The lowest BCUT2D eigenvalue weighted by Crippen LogP contribution is -2.57. The summed E-state index contributed by atoms with van der Waals surface area (Å²) in [6, 6.07) is 0. The van der Waals surface area contributed by atoms with Gasteiger partial charge < -0.3 is 10.4 Å². The molecule has 0 aromatic carbocycles. The highest BCUT2D eigenvalue weighted by molar-refractivity contribution is 4.93. The maximum absolute atomic E-state index is 10.1. The molecular formula is C9H19NO. The van der Waals surface area contributed by atoms with E-state index < -0.39 is 5.60 Å². The van der Waals surface area contributed by atoms with Crippen molar-refractivity contribution in [3.63, 3.8) is 0 Å². The second-order valence-electron chi connectivity index (χ2n) is 3.89. The minimum Gasteiger partial charge on any atom is -0.390 e. The van der Waals surface area contributed by atoms with Crippen LogP contribution in [-0.4, -0.2) is 23.8 Å². The van der Waals surface area contributed by atoms with E-state index in [2.05, 4.69) is 19.2 Å². The van der Waals surface area contributed by atoms with Crippen LogP contribution < -0.4 is 5.32 Å². The summed E-state index contributed by atoms with van der Waals surface area (Å²) in [5, 5.41) is 13.2. The van der Waals surface area contributed by atoms with Crippen molar-refractivity contribution in [2.24, 2.45) is 11.8 Å². The molecule has 1 saturated heterocycles. The molecule has 0 spiro atoms. The smallest absolute Gasteiger partial charge is 0.0697 e. The monoisotopic (exact) mass is 157 g/mol. The van der Waals surface area contributed by atoms with Crippen LogP contribution in [0.2, 0.25) is 0 Å². The first-order valence-corrected chi connectivity index (χ1v) is 4.52. The Hall–Kier alpha value is -0.0800. The van der Waals surface area contributed by atoms with Gasteiger partial charge in [0.25, 0.3) is 0 Å². The zero-order valence-electron chi connectivity index (χ0n) is 7.72. The van der Waals surface area contributed by atoms with Gasteiger partial charge in [-0.3, -0.25) is 0 Å². The SMILES string of the molecule is CCC(C)C(C)(O)C1CNC1. The van der Waals surface area contributed by atoms with Gasteiger partial charge in [0.2, 0.25) is 0 Å². The van der Waals surface area contributed by atoms with Gasteiger partial charge >= 0.3 is 0 Å². The Bertz CT molecular complexity index is 123. The number of aliphatic hydroxyl groups is 1. The van der Waals surface area contributed by atoms with Crippen molar-refractivity contribution >= 4 is 0 Å². The Morgan fingerprint density at radius 3 is 2.45 bits per heavy atom. The van der Waals surface area contributed by atoms with E-state index in [-0.39, 0.29) is 0 Å². The van der Waals surface area contributed by atoms with Gasteiger partial charge in [0, 0.05) is 19.0 Å². The lowest BCUT2D eigenvalue weighted by Gasteiger charge is -2.43. The first-order chi connectivity index (χ1) is 5.09. The highest BCUT2D eigenvalue weighted by Gasteiger charge is 2.39. The van der Waals surface area contributed by atoms with Gasteiger partial charge in [0.15, 0.2) is 0 Å². The number of hydrogen-bond acceptors (Lipinski definition) is 2. The Balaban J connectivity index is 2.49. The van der Waals surface area contributed by atoms with E-state index >= 15 is 0 Å². The topological polar surface area (TPSA) is 32.3 Å². The molecule has 0 radical (unpaired) electrons. The lowest BCUT2D eigenvalue weighted by molar-refractivity contribution is -0.0664. The molecule has 1 aliphatic rings. The Kier molecular flexibility index (Phi) is 2.55. The van der Waals surface area contributed by atoms with Crippen LogP contribution >= 0.6 is 0 Å². The van der Waals surface area contributed by atoms with Crippen molar-refractivity contribution in [1.29, 1.82) is 0 Å². The number of hydrogen-bond donors (Lipinski definition) is 2. The number of rotatable bonds is 3. The third kappa shape index (κ3) is 1.57. The van der Waals surface area contributed by atoms with Crippen LogP contribution in [0.1, 0.15) is 27.2 Å². The fraction of sp³-hybridized carbons (Fsp3) is 1.00. The van der Waals surface area contributed by atoms with Crippen LogP contribution in [0.3, 0.4) is 0 Å². The first-order valence-electron chi connectivity index (χ1n) is 4.52. The van der Waals surface area contributed by atoms with Crippen LogP contribution in [0.25, 0.3) is 0 Å². The van der Waals surface area contributed by atoms with Gasteiger partial charge in [0.1, 0.15) is 0 Å². The fourth-order valence-electron chi connectivity index (χ4n) is 1.52. The minimum atomic E-state index is -0.458. The molecule has 2 atom stereocenters. The molecule has 0 bridgehead atoms. The molecule has 0 amide bonds. The average Bonchev–Trinajstić information content (AvgIpc) is 1.81. The molecule has 0 saturated carbocycles. The van der Waals surface area contributed by atoms with Crippen molar-refractivity contribution < 1.29 is 5.11 Å². The highest BCUT2D eigenvalue weighted by Crippen LogP contribution is 2.30. The van der Waals surface area contributed by atoms with E-state index in [9.17, 15) is 5.11 Å². The zero-order chi connectivity index (χ0) is 8.48. The largest absolute Gasteiger partial charge is 0.390 e. The molecule has 1 rings (SSSR count). The van der Waals surface area contributed by atoms with Crippen LogP contribution in [0.15, 0.2) is 0 Å². The molecule has 1 aliphatic heterocycles. The molecule has 11 heavy (non-hydrogen) atoms. The molecule has 0 aliphatic carbocycles. The van der Waals surface area contributed by atoms with Gasteiger partial charge in [0.05, 0.1) is 5.60 Å². The molecule has 1 heterocycles. The van der Waals surface area contributed by atoms with Crippen LogP contribution in [0.5, 0.6) is 0 Å². The van der Waals surface area contributed by atoms with Crippen molar-refractivity contribution in [2.75, 3.05) is 13.1 Å². The fourth-order valence-corrected chi connectivity index (χ4v) is 1.52. The van der Waals surface area contributed by atoms with E-state index in [1.54, 1.807) is 0 Å². The van der Waals surface area contributed by atoms with Crippen molar-refractivity contribution in [3.8, 4) is 0 Å². The summed E-state index contributed by atoms with van der Waals surface area (Å²) in [5.74, 6) is 0.882. The standard InChI is InChI=1S/C9H19NO/c1-4-7(2)9(3,11)8-5-10-6-8/h7-8,10-11H,4-6H2,1-3H3. The molecule has 2 nitrogen and oxygen atoms in total. The quantitative estimate of drug-likeness (QED) is 0.640. The molecule has 1 fully saturated rings. The van der Waals surface area contributed by atoms with Crippen LogP contribution in [-0.2, 0) is 0 Å².